The highest BCUT2D eigenvalue weighted by Crippen LogP contribution is 2.38. The predicted octanol–water partition coefficient (Wildman–Crippen LogP) is 2.62. The van der Waals surface area contributed by atoms with E-state index in [1.54, 1.807) is 35.2 Å². The fourth-order valence-electron chi connectivity index (χ4n) is 3.38. The number of hydrogen-bond acceptors (Lipinski definition) is 5. The zero-order valence-corrected chi connectivity index (χ0v) is 17.2. The number of sulfonamides is 1. The molecule has 9 heteroatoms. The molecule has 2 aromatic rings. The summed E-state index contributed by atoms with van der Waals surface area (Å²) in [6.45, 7) is 1.39. The molecule has 2 aliphatic rings. The second-order valence-corrected chi connectivity index (χ2v) is 8.89. The summed E-state index contributed by atoms with van der Waals surface area (Å²) in [7, 11) is -2.15. The van der Waals surface area contributed by atoms with Crippen LogP contribution in [0.25, 0.3) is 6.08 Å². The molecule has 4 rings (SSSR count). The van der Waals surface area contributed by atoms with Gasteiger partial charge in [0.05, 0.1) is 9.92 Å². The van der Waals surface area contributed by atoms with Crippen LogP contribution < -0.4 is 19.1 Å². The Balaban J connectivity index is 1.54. The molecule has 0 bridgehead atoms. The average Bonchev–Trinajstić information content (AvgIpc) is 3.15. The Morgan fingerprint density at radius 3 is 2.79 bits per heavy atom. The minimum absolute atomic E-state index is 0.189. The van der Waals surface area contributed by atoms with Gasteiger partial charge in [0.2, 0.25) is 10.0 Å². The van der Waals surface area contributed by atoms with E-state index < -0.39 is 10.0 Å². The van der Waals surface area contributed by atoms with E-state index in [4.69, 9.17) is 21.1 Å². The maximum atomic E-state index is 12.7. The molecule has 0 atom stereocenters. The van der Waals surface area contributed by atoms with Gasteiger partial charge in [-0.2, -0.15) is 0 Å². The van der Waals surface area contributed by atoms with Crippen LogP contribution in [0.5, 0.6) is 11.5 Å². The molecule has 7 nitrogen and oxygen atoms in total. The van der Waals surface area contributed by atoms with Crippen molar-refractivity contribution in [1.29, 1.82) is 0 Å². The van der Waals surface area contributed by atoms with Gasteiger partial charge in [-0.15, -0.1) is 0 Å². The first-order valence-electron chi connectivity index (χ1n) is 9.04. The van der Waals surface area contributed by atoms with Gasteiger partial charge in [-0.05, 0) is 61.0 Å². The smallest absolute Gasteiger partial charge is 0.251 e. The van der Waals surface area contributed by atoms with Crippen molar-refractivity contribution in [2.45, 2.75) is 11.3 Å². The van der Waals surface area contributed by atoms with E-state index >= 15 is 0 Å². The second kappa shape index (κ2) is 7.70. The summed E-state index contributed by atoms with van der Waals surface area (Å²) in [5.41, 5.74) is 2.27. The Morgan fingerprint density at radius 1 is 1.21 bits per heavy atom. The van der Waals surface area contributed by atoms with Crippen molar-refractivity contribution in [2.24, 2.45) is 0 Å². The molecule has 0 aromatic heterocycles. The van der Waals surface area contributed by atoms with Gasteiger partial charge in [0, 0.05) is 18.3 Å². The standard InChI is InChI=1S/C20H19ClN2O5S/c1-22-29(25,26)15-3-4-17-14(12-15)6-7-23(17)19(24)5-2-13-10-16(21)20-18(11-13)27-8-9-28-20/h2-5,10-12,22H,6-9H2,1H3/b5-2+. The minimum Gasteiger partial charge on any atom is -0.486 e. The van der Waals surface area contributed by atoms with E-state index in [0.717, 1.165) is 16.8 Å². The highest BCUT2D eigenvalue weighted by Gasteiger charge is 2.25. The number of ether oxygens (including phenoxy) is 2. The molecule has 152 valence electrons. The van der Waals surface area contributed by atoms with Crippen LogP contribution in [0.2, 0.25) is 5.02 Å². The molecule has 29 heavy (non-hydrogen) atoms. The summed E-state index contributed by atoms with van der Waals surface area (Å²) in [6, 6.07) is 8.27. The lowest BCUT2D eigenvalue weighted by Gasteiger charge is -2.19. The lowest BCUT2D eigenvalue weighted by atomic mass is 10.1. The van der Waals surface area contributed by atoms with Gasteiger partial charge < -0.3 is 14.4 Å². The first-order chi connectivity index (χ1) is 13.9. The van der Waals surface area contributed by atoms with Crippen LogP contribution in [0.15, 0.2) is 41.3 Å². The zero-order valence-electron chi connectivity index (χ0n) is 15.6. The quantitative estimate of drug-likeness (QED) is 0.748. The summed E-state index contributed by atoms with van der Waals surface area (Å²) in [5.74, 6) is 0.877. The number of nitrogens with one attached hydrogen (secondary N) is 1. The molecule has 2 heterocycles. The fourth-order valence-corrected chi connectivity index (χ4v) is 4.43. The van der Waals surface area contributed by atoms with Crippen LogP contribution in [0.3, 0.4) is 0 Å². The van der Waals surface area contributed by atoms with Crippen LogP contribution in [0.1, 0.15) is 11.1 Å². The topological polar surface area (TPSA) is 84.9 Å². The Hall–Kier alpha value is -2.55. The molecule has 2 aliphatic heterocycles. The summed E-state index contributed by atoms with van der Waals surface area (Å²) in [4.78, 5) is 14.5. The lowest BCUT2D eigenvalue weighted by molar-refractivity contribution is -0.114. The highest BCUT2D eigenvalue weighted by atomic mass is 35.5. The zero-order chi connectivity index (χ0) is 20.6. The molecule has 0 spiro atoms. The molecular weight excluding hydrogens is 416 g/mol. The average molecular weight is 435 g/mol. The summed E-state index contributed by atoms with van der Waals surface area (Å²) in [6.07, 6.45) is 3.73. The second-order valence-electron chi connectivity index (χ2n) is 6.60. The third-order valence-corrected chi connectivity index (χ3v) is 6.52. The maximum absolute atomic E-state index is 12.7. The summed E-state index contributed by atoms with van der Waals surface area (Å²) >= 11 is 6.23. The summed E-state index contributed by atoms with van der Waals surface area (Å²) < 4.78 is 37.3. The number of hydrogen-bond donors (Lipinski definition) is 1. The monoisotopic (exact) mass is 434 g/mol. The molecule has 1 N–H and O–H groups in total. The van der Waals surface area contributed by atoms with E-state index in [0.29, 0.717) is 42.7 Å². The SMILES string of the molecule is CNS(=O)(=O)c1ccc2c(c1)CCN2C(=O)/C=C/c1cc(Cl)c2c(c1)OCCO2. The van der Waals surface area contributed by atoms with Crippen molar-refractivity contribution >= 4 is 39.3 Å². The minimum atomic E-state index is -3.52. The number of anilines is 1. The van der Waals surface area contributed by atoms with Gasteiger partial charge in [-0.1, -0.05) is 11.6 Å². The third-order valence-electron chi connectivity index (χ3n) is 4.83. The van der Waals surface area contributed by atoms with Gasteiger partial charge in [0.15, 0.2) is 11.5 Å². The maximum Gasteiger partial charge on any atom is 0.251 e. The van der Waals surface area contributed by atoms with Crippen molar-refractivity contribution in [3.8, 4) is 11.5 Å². The Morgan fingerprint density at radius 2 is 2.00 bits per heavy atom. The van der Waals surface area contributed by atoms with E-state index in [9.17, 15) is 13.2 Å². The summed E-state index contributed by atoms with van der Waals surface area (Å²) in [5, 5.41) is 0.430. The van der Waals surface area contributed by atoms with Crippen molar-refractivity contribution in [1.82, 2.24) is 4.72 Å². The number of rotatable bonds is 4. The first-order valence-corrected chi connectivity index (χ1v) is 10.9. The number of amides is 1. The molecule has 0 saturated heterocycles. The third kappa shape index (κ3) is 3.83. The first kappa shape index (κ1) is 19.8. The van der Waals surface area contributed by atoms with Crippen LogP contribution in [0.4, 0.5) is 5.69 Å². The molecule has 0 unspecified atom stereocenters. The van der Waals surface area contributed by atoms with Crippen LogP contribution in [-0.4, -0.2) is 41.1 Å². The normalized spacial score (nSPS) is 15.6. The van der Waals surface area contributed by atoms with Gasteiger partial charge in [0.25, 0.3) is 5.91 Å². The molecular formula is C20H19ClN2O5S. The highest BCUT2D eigenvalue weighted by molar-refractivity contribution is 7.89. The van der Waals surface area contributed by atoms with Crippen molar-refractivity contribution < 1.29 is 22.7 Å². The van der Waals surface area contributed by atoms with Gasteiger partial charge in [-0.3, -0.25) is 4.79 Å². The Labute approximate surface area is 173 Å². The van der Waals surface area contributed by atoms with E-state index in [-0.39, 0.29) is 10.8 Å². The molecule has 0 saturated carbocycles. The van der Waals surface area contributed by atoms with Gasteiger partial charge >= 0.3 is 0 Å². The molecule has 0 fully saturated rings. The van der Waals surface area contributed by atoms with E-state index in [1.165, 1.54) is 19.2 Å². The Bertz CT molecular complexity index is 1110. The molecule has 2 aromatic carbocycles. The van der Waals surface area contributed by atoms with Crippen molar-refractivity contribution in [2.75, 3.05) is 31.7 Å². The number of fused-ring (bicyclic) bond motifs is 2. The van der Waals surface area contributed by atoms with Crippen molar-refractivity contribution in [3.63, 3.8) is 0 Å². The molecule has 0 radical (unpaired) electrons. The van der Waals surface area contributed by atoms with Crippen LogP contribution in [-0.2, 0) is 21.2 Å². The van der Waals surface area contributed by atoms with Crippen LogP contribution >= 0.6 is 11.6 Å². The Kier molecular flexibility index (Phi) is 5.24. The fraction of sp³-hybridized carbons (Fsp3) is 0.250. The van der Waals surface area contributed by atoms with E-state index in [2.05, 4.69) is 4.72 Å². The lowest BCUT2D eigenvalue weighted by Crippen LogP contribution is -2.26. The number of benzene rings is 2. The number of nitrogens with zero attached hydrogens (tertiary/aromatic N) is 1. The van der Waals surface area contributed by atoms with Gasteiger partial charge in [0.1, 0.15) is 13.2 Å². The van der Waals surface area contributed by atoms with E-state index in [1.807, 2.05) is 0 Å². The predicted molar refractivity (Wildman–Crippen MR) is 110 cm³/mol. The van der Waals surface area contributed by atoms with Gasteiger partial charge in [-0.25, -0.2) is 13.1 Å². The van der Waals surface area contributed by atoms with Crippen LogP contribution in [0, 0.1) is 0 Å². The number of carbonyl (C=O) groups excluding carboxylic acids is 1. The van der Waals surface area contributed by atoms with Crippen molar-refractivity contribution in [3.05, 3.63) is 52.6 Å². The molecule has 0 aliphatic carbocycles. The largest absolute Gasteiger partial charge is 0.486 e. The number of carbonyl (C=O) groups is 1. The molecule has 1 amide bonds. The number of halogens is 1.